The van der Waals surface area contributed by atoms with E-state index in [9.17, 15) is 4.79 Å². The maximum absolute atomic E-state index is 12.0. The summed E-state index contributed by atoms with van der Waals surface area (Å²) in [4.78, 5) is 16.2. The molecule has 116 valence electrons. The van der Waals surface area contributed by atoms with Gasteiger partial charge in [-0.15, -0.1) is 5.10 Å². The molecular weight excluding hydrogens is 376 g/mol. The first-order valence-electron chi connectivity index (χ1n) is 6.86. The minimum absolute atomic E-state index is 0.0991. The molecule has 3 aromatic rings. The van der Waals surface area contributed by atoms with Gasteiger partial charge in [0.1, 0.15) is 6.33 Å². The van der Waals surface area contributed by atoms with E-state index in [4.69, 9.17) is 0 Å². The number of halogens is 1. The van der Waals surface area contributed by atoms with Gasteiger partial charge in [-0.05, 0) is 40.2 Å². The van der Waals surface area contributed by atoms with Gasteiger partial charge < -0.3 is 5.32 Å². The Bertz CT molecular complexity index is 807. The highest BCUT2D eigenvalue weighted by Gasteiger charge is 2.09. The van der Waals surface area contributed by atoms with Crippen LogP contribution >= 0.6 is 27.7 Å². The highest BCUT2D eigenvalue weighted by Crippen LogP contribution is 2.22. The Hall–Kier alpha value is -2.12. The molecule has 5 nitrogen and oxygen atoms in total. The van der Waals surface area contributed by atoms with E-state index in [-0.39, 0.29) is 11.7 Å². The Kier molecular flexibility index (Phi) is 5.09. The molecule has 1 amide bonds. The molecule has 23 heavy (non-hydrogen) atoms. The van der Waals surface area contributed by atoms with Gasteiger partial charge in [0.2, 0.25) is 11.1 Å². The fourth-order valence-corrected chi connectivity index (χ4v) is 2.88. The zero-order chi connectivity index (χ0) is 16.1. The van der Waals surface area contributed by atoms with Crippen LogP contribution in [0.5, 0.6) is 0 Å². The molecule has 3 rings (SSSR count). The fourth-order valence-electron chi connectivity index (χ4n) is 1.90. The third kappa shape index (κ3) is 4.20. The Morgan fingerprint density at radius 1 is 1.13 bits per heavy atom. The fraction of sp³-hybridized carbons (Fsp3) is 0.0625. The van der Waals surface area contributed by atoms with E-state index in [1.54, 1.807) is 11.0 Å². The van der Waals surface area contributed by atoms with E-state index < -0.39 is 0 Å². The molecule has 1 N–H and O–H groups in total. The lowest BCUT2D eigenvalue weighted by molar-refractivity contribution is -0.113. The first-order chi connectivity index (χ1) is 11.2. The van der Waals surface area contributed by atoms with Crippen molar-refractivity contribution >= 4 is 39.3 Å². The minimum atomic E-state index is -0.0991. The second-order valence-electron chi connectivity index (χ2n) is 4.62. The number of rotatable bonds is 5. The van der Waals surface area contributed by atoms with Crippen molar-refractivity contribution in [1.82, 2.24) is 14.8 Å². The summed E-state index contributed by atoms with van der Waals surface area (Å²) in [5, 5.41) is 7.77. The zero-order valence-corrected chi connectivity index (χ0v) is 14.4. The highest BCUT2D eigenvalue weighted by molar-refractivity contribution is 9.10. The molecule has 2 aromatic carbocycles. The summed E-state index contributed by atoms with van der Waals surface area (Å²) in [5.74, 6) is 0.151. The van der Waals surface area contributed by atoms with Gasteiger partial charge in [0.15, 0.2) is 0 Å². The molecule has 7 heteroatoms. The summed E-state index contributed by atoms with van der Waals surface area (Å²) in [6.07, 6.45) is 1.64. The minimum Gasteiger partial charge on any atom is -0.324 e. The second-order valence-corrected chi connectivity index (χ2v) is 6.42. The van der Waals surface area contributed by atoms with Crippen LogP contribution in [-0.2, 0) is 4.79 Å². The summed E-state index contributed by atoms with van der Waals surface area (Å²) in [6, 6.07) is 17.2. The SMILES string of the molecule is O=C(CSc1ncn(-c2ccccc2)n1)Nc1ccccc1Br. The van der Waals surface area contributed by atoms with E-state index in [1.807, 2.05) is 54.6 Å². The van der Waals surface area contributed by atoms with Gasteiger partial charge in [-0.25, -0.2) is 9.67 Å². The standard InChI is InChI=1S/C16H13BrN4OS/c17-13-8-4-5-9-14(13)19-15(22)10-23-16-18-11-21(20-16)12-6-2-1-3-7-12/h1-9,11H,10H2,(H,19,22). The molecular formula is C16H13BrN4OS. The van der Waals surface area contributed by atoms with Crippen LogP contribution in [0.4, 0.5) is 5.69 Å². The lowest BCUT2D eigenvalue weighted by atomic mass is 10.3. The number of amides is 1. The van der Waals surface area contributed by atoms with Gasteiger partial charge in [0, 0.05) is 4.47 Å². The summed E-state index contributed by atoms with van der Waals surface area (Å²) < 4.78 is 2.54. The summed E-state index contributed by atoms with van der Waals surface area (Å²) in [7, 11) is 0. The number of benzene rings is 2. The Morgan fingerprint density at radius 3 is 2.65 bits per heavy atom. The molecule has 0 unspecified atom stereocenters. The predicted molar refractivity (Wildman–Crippen MR) is 94.9 cm³/mol. The normalized spacial score (nSPS) is 10.5. The smallest absolute Gasteiger partial charge is 0.234 e. The van der Waals surface area contributed by atoms with Crippen LogP contribution in [0.3, 0.4) is 0 Å². The number of anilines is 1. The van der Waals surface area contributed by atoms with E-state index in [0.717, 1.165) is 15.8 Å². The lowest BCUT2D eigenvalue weighted by Crippen LogP contribution is -2.14. The van der Waals surface area contributed by atoms with Crippen LogP contribution in [0, 0.1) is 0 Å². The quantitative estimate of drug-likeness (QED) is 0.675. The summed E-state index contributed by atoms with van der Waals surface area (Å²) >= 11 is 4.70. The molecule has 0 fully saturated rings. The van der Waals surface area contributed by atoms with Crippen molar-refractivity contribution in [1.29, 1.82) is 0 Å². The molecule has 0 aliphatic heterocycles. The van der Waals surface area contributed by atoms with Crippen LogP contribution in [0.1, 0.15) is 0 Å². The molecule has 0 spiro atoms. The maximum Gasteiger partial charge on any atom is 0.234 e. The van der Waals surface area contributed by atoms with Crippen molar-refractivity contribution in [2.45, 2.75) is 5.16 Å². The van der Waals surface area contributed by atoms with Gasteiger partial charge in [0.05, 0.1) is 17.1 Å². The second kappa shape index (κ2) is 7.43. The first kappa shape index (κ1) is 15.8. The van der Waals surface area contributed by atoms with Gasteiger partial charge in [-0.2, -0.15) is 0 Å². The van der Waals surface area contributed by atoms with Crippen molar-refractivity contribution in [2.24, 2.45) is 0 Å². The number of aromatic nitrogens is 3. The molecule has 1 aromatic heterocycles. The number of hydrogen-bond acceptors (Lipinski definition) is 4. The molecule has 0 saturated heterocycles. The van der Waals surface area contributed by atoms with Crippen molar-refractivity contribution in [3.63, 3.8) is 0 Å². The van der Waals surface area contributed by atoms with Gasteiger partial charge >= 0.3 is 0 Å². The van der Waals surface area contributed by atoms with Crippen molar-refractivity contribution < 1.29 is 4.79 Å². The number of carbonyl (C=O) groups is 1. The third-order valence-electron chi connectivity index (χ3n) is 2.97. The number of hydrogen-bond donors (Lipinski definition) is 1. The van der Waals surface area contributed by atoms with Gasteiger partial charge in [-0.1, -0.05) is 42.1 Å². The lowest BCUT2D eigenvalue weighted by Gasteiger charge is -2.05. The van der Waals surface area contributed by atoms with Crippen LogP contribution < -0.4 is 5.32 Å². The van der Waals surface area contributed by atoms with Crippen LogP contribution in [-0.4, -0.2) is 26.4 Å². The van der Waals surface area contributed by atoms with Crippen LogP contribution in [0.15, 0.2) is 70.6 Å². The Labute approximate surface area is 146 Å². The molecule has 0 radical (unpaired) electrons. The maximum atomic E-state index is 12.0. The molecule has 0 aliphatic rings. The summed E-state index contributed by atoms with van der Waals surface area (Å²) in [6.45, 7) is 0. The van der Waals surface area contributed by atoms with E-state index >= 15 is 0 Å². The van der Waals surface area contributed by atoms with E-state index in [0.29, 0.717) is 5.16 Å². The molecule has 0 aliphatic carbocycles. The van der Waals surface area contributed by atoms with E-state index in [1.165, 1.54) is 11.8 Å². The Morgan fingerprint density at radius 2 is 1.87 bits per heavy atom. The van der Waals surface area contributed by atoms with E-state index in [2.05, 4.69) is 31.3 Å². The molecule has 0 bridgehead atoms. The van der Waals surface area contributed by atoms with Gasteiger partial charge in [0.25, 0.3) is 0 Å². The molecule has 0 atom stereocenters. The predicted octanol–water partition coefficient (Wildman–Crippen LogP) is 3.76. The largest absolute Gasteiger partial charge is 0.324 e. The number of nitrogens with zero attached hydrogens (tertiary/aromatic N) is 3. The third-order valence-corrected chi connectivity index (χ3v) is 4.52. The molecule has 1 heterocycles. The Balaban J connectivity index is 1.58. The van der Waals surface area contributed by atoms with Gasteiger partial charge in [-0.3, -0.25) is 4.79 Å². The number of nitrogens with one attached hydrogen (secondary N) is 1. The first-order valence-corrected chi connectivity index (χ1v) is 8.64. The average molecular weight is 389 g/mol. The average Bonchev–Trinajstić information content (AvgIpc) is 3.05. The zero-order valence-electron chi connectivity index (χ0n) is 12.0. The van der Waals surface area contributed by atoms with Crippen molar-refractivity contribution in [3.8, 4) is 5.69 Å². The van der Waals surface area contributed by atoms with Crippen molar-refractivity contribution in [2.75, 3.05) is 11.1 Å². The van der Waals surface area contributed by atoms with Crippen molar-refractivity contribution in [3.05, 3.63) is 65.4 Å². The monoisotopic (exact) mass is 388 g/mol. The summed E-state index contributed by atoms with van der Waals surface area (Å²) in [5.41, 5.74) is 1.69. The molecule has 0 saturated carbocycles. The topological polar surface area (TPSA) is 59.8 Å². The number of para-hydroxylation sites is 2. The van der Waals surface area contributed by atoms with Crippen LogP contribution in [0.25, 0.3) is 5.69 Å². The number of carbonyl (C=O) groups excluding carboxylic acids is 1. The number of thioether (sulfide) groups is 1. The van der Waals surface area contributed by atoms with Crippen LogP contribution in [0.2, 0.25) is 0 Å². The highest BCUT2D eigenvalue weighted by atomic mass is 79.9.